The number of hydrogen-bond acceptors (Lipinski definition) is 4. The molecule has 32 heavy (non-hydrogen) atoms. The third-order valence-electron chi connectivity index (χ3n) is 7.42. The van der Waals surface area contributed by atoms with E-state index in [9.17, 15) is 10.2 Å². The van der Waals surface area contributed by atoms with Crippen LogP contribution in [-0.4, -0.2) is 59.5 Å². The van der Waals surface area contributed by atoms with Gasteiger partial charge in [-0.15, -0.1) is 0 Å². The van der Waals surface area contributed by atoms with Crippen LogP contribution >= 0.6 is 0 Å². The van der Waals surface area contributed by atoms with Gasteiger partial charge in [0.1, 0.15) is 0 Å². The molecule has 1 aromatic carbocycles. The van der Waals surface area contributed by atoms with Crippen molar-refractivity contribution in [3.63, 3.8) is 0 Å². The molecule has 5 atom stereocenters. The lowest BCUT2D eigenvalue weighted by Gasteiger charge is -2.31. The van der Waals surface area contributed by atoms with Crippen molar-refractivity contribution in [3.05, 3.63) is 59.2 Å². The van der Waals surface area contributed by atoms with Crippen LogP contribution in [0.3, 0.4) is 0 Å². The third-order valence-corrected chi connectivity index (χ3v) is 7.42. The van der Waals surface area contributed by atoms with E-state index in [0.29, 0.717) is 18.3 Å². The number of allylic oxidation sites excluding steroid dienone is 1. The van der Waals surface area contributed by atoms with Crippen LogP contribution in [0.2, 0.25) is 0 Å². The number of hydrogen-bond donors (Lipinski definition) is 3. The molecule has 0 radical (unpaired) electrons. The normalized spacial score (nSPS) is 26.7. The van der Waals surface area contributed by atoms with E-state index in [1.54, 1.807) is 0 Å². The molecule has 4 heteroatoms. The smallest absolute Gasteiger partial charge is 0.0761 e. The van der Waals surface area contributed by atoms with E-state index in [1.807, 2.05) is 12.1 Å². The van der Waals surface area contributed by atoms with E-state index >= 15 is 0 Å². The highest BCUT2D eigenvalue weighted by Gasteiger charge is 2.43. The lowest BCUT2D eigenvalue weighted by atomic mass is 9.88. The molecule has 178 valence electrons. The Hall–Kier alpha value is -1.46. The van der Waals surface area contributed by atoms with E-state index in [2.05, 4.69) is 75.3 Å². The van der Waals surface area contributed by atoms with E-state index in [0.717, 1.165) is 44.5 Å². The molecule has 3 N–H and O–H groups in total. The summed E-state index contributed by atoms with van der Waals surface area (Å²) in [7, 11) is 2.18. The highest BCUT2D eigenvalue weighted by atomic mass is 16.3. The summed E-state index contributed by atoms with van der Waals surface area (Å²) in [6, 6.07) is 8.30. The summed E-state index contributed by atoms with van der Waals surface area (Å²) in [5.74, 6) is 1.11. The number of nitrogens with zero attached hydrogens (tertiary/aromatic N) is 1. The van der Waals surface area contributed by atoms with Crippen molar-refractivity contribution in [2.75, 3.05) is 26.7 Å². The Kier molecular flexibility index (Phi) is 8.74. The average molecular weight is 441 g/mol. The lowest BCUT2D eigenvalue weighted by molar-refractivity contribution is 0.140. The van der Waals surface area contributed by atoms with E-state index in [1.165, 1.54) is 11.1 Å². The maximum atomic E-state index is 10.6. The second kappa shape index (κ2) is 11.1. The van der Waals surface area contributed by atoms with Gasteiger partial charge in [-0.1, -0.05) is 53.6 Å². The Morgan fingerprint density at radius 2 is 2.03 bits per heavy atom. The molecule has 0 aliphatic heterocycles. The molecule has 0 saturated heterocycles. The molecule has 0 aromatic heterocycles. The fraction of sp³-hybridized carbons (Fsp3) is 0.643. The first-order valence-corrected chi connectivity index (χ1v) is 12.3. The van der Waals surface area contributed by atoms with Gasteiger partial charge >= 0.3 is 0 Å². The van der Waals surface area contributed by atoms with Gasteiger partial charge in [0.25, 0.3) is 0 Å². The number of benzene rings is 1. The first-order valence-electron chi connectivity index (χ1n) is 12.3. The zero-order valence-corrected chi connectivity index (χ0v) is 20.7. The van der Waals surface area contributed by atoms with E-state index in [4.69, 9.17) is 0 Å². The van der Waals surface area contributed by atoms with Gasteiger partial charge in [-0.05, 0) is 77.9 Å². The molecule has 1 saturated carbocycles. The first-order chi connectivity index (χ1) is 15.1. The number of nitrogens with one attached hydrogen (secondary N) is 1. The minimum absolute atomic E-state index is 0.148. The molecule has 0 spiro atoms. The van der Waals surface area contributed by atoms with Crippen LogP contribution in [0, 0.1) is 24.7 Å². The molecule has 0 unspecified atom stereocenters. The standard InChI is InChI=1S/C28H44N2O2/c1-20-7-6-8-21(15-20)17-24(31)9-10-25-26-18-22(16-23(26)19-27(25)32)11-12-29-13-14-30(5)28(2,3)4/h6-10,15-16,23-27,29,31-32H,11-14,17-19H2,1-5H3/t23-,24+,25+,26-,27+/m0/s1. The second-order valence-corrected chi connectivity index (χ2v) is 11.0. The van der Waals surface area contributed by atoms with E-state index in [-0.39, 0.29) is 17.6 Å². The highest BCUT2D eigenvalue weighted by molar-refractivity contribution is 5.24. The monoisotopic (exact) mass is 440 g/mol. The van der Waals surface area contributed by atoms with Crippen molar-refractivity contribution >= 4 is 0 Å². The SMILES string of the molecule is Cc1cccc(C[C@H](O)C=C[C@@H]2[C@H]3CC(CCNCCN(C)C(C)(C)C)=C[C@H]3C[C@H]2O)c1. The van der Waals surface area contributed by atoms with Crippen molar-refractivity contribution < 1.29 is 10.2 Å². The first kappa shape index (κ1) is 25.2. The summed E-state index contributed by atoms with van der Waals surface area (Å²) in [6.07, 6.45) is 9.26. The lowest BCUT2D eigenvalue weighted by Crippen LogP contribution is -2.42. The van der Waals surface area contributed by atoms with Gasteiger partial charge in [0, 0.05) is 31.0 Å². The molecule has 4 nitrogen and oxygen atoms in total. The molecular formula is C28H44N2O2. The van der Waals surface area contributed by atoms with Crippen LogP contribution in [0.4, 0.5) is 0 Å². The summed E-state index contributed by atoms with van der Waals surface area (Å²) in [6.45, 7) is 11.9. The zero-order valence-electron chi connectivity index (χ0n) is 20.7. The Morgan fingerprint density at radius 3 is 2.75 bits per heavy atom. The van der Waals surface area contributed by atoms with Gasteiger partial charge in [-0.3, -0.25) is 0 Å². The zero-order chi connectivity index (χ0) is 23.3. The molecule has 1 fully saturated rings. The summed E-state index contributed by atoms with van der Waals surface area (Å²) in [4.78, 5) is 2.38. The van der Waals surface area contributed by atoms with Gasteiger partial charge in [-0.2, -0.15) is 0 Å². The number of aryl methyl sites for hydroxylation is 1. The van der Waals surface area contributed by atoms with Crippen molar-refractivity contribution in [3.8, 4) is 0 Å². The van der Waals surface area contributed by atoms with Gasteiger partial charge in [0.15, 0.2) is 0 Å². The molecule has 2 aliphatic rings. The summed E-state index contributed by atoms with van der Waals surface area (Å²) in [5.41, 5.74) is 4.11. The molecule has 1 aromatic rings. The van der Waals surface area contributed by atoms with Crippen molar-refractivity contribution in [1.29, 1.82) is 0 Å². The van der Waals surface area contributed by atoms with Crippen LogP contribution in [-0.2, 0) is 6.42 Å². The number of aliphatic hydroxyl groups is 2. The molecule has 0 amide bonds. The number of likely N-dealkylation sites (N-methyl/N-ethyl adjacent to an activating group) is 1. The Bertz CT molecular complexity index is 795. The fourth-order valence-electron chi connectivity index (χ4n) is 5.15. The third kappa shape index (κ3) is 7.02. The maximum absolute atomic E-state index is 10.6. The maximum Gasteiger partial charge on any atom is 0.0761 e. The number of fused-ring (bicyclic) bond motifs is 1. The van der Waals surface area contributed by atoms with Gasteiger partial charge in [0.2, 0.25) is 0 Å². The van der Waals surface area contributed by atoms with Crippen LogP contribution in [0.25, 0.3) is 0 Å². The van der Waals surface area contributed by atoms with Gasteiger partial charge in [0.05, 0.1) is 12.2 Å². The molecule has 0 heterocycles. The topological polar surface area (TPSA) is 55.7 Å². The fourth-order valence-corrected chi connectivity index (χ4v) is 5.15. The molecule has 0 bridgehead atoms. The number of aliphatic hydroxyl groups excluding tert-OH is 2. The predicted molar refractivity (Wildman–Crippen MR) is 134 cm³/mol. The predicted octanol–water partition coefficient (Wildman–Crippen LogP) is 4.11. The van der Waals surface area contributed by atoms with E-state index < -0.39 is 6.10 Å². The highest BCUT2D eigenvalue weighted by Crippen LogP contribution is 2.47. The van der Waals surface area contributed by atoms with Crippen LogP contribution in [0.1, 0.15) is 51.2 Å². The van der Waals surface area contributed by atoms with Gasteiger partial charge < -0.3 is 20.4 Å². The van der Waals surface area contributed by atoms with Crippen molar-refractivity contribution in [2.45, 2.75) is 71.1 Å². The van der Waals surface area contributed by atoms with Crippen LogP contribution in [0.5, 0.6) is 0 Å². The van der Waals surface area contributed by atoms with Gasteiger partial charge in [-0.25, -0.2) is 0 Å². The molecule has 3 rings (SSSR count). The summed E-state index contributed by atoms with van der Waals surface area (Å²) < 4.78 is 0. The Morgan fingerprint density at radius 1 is 1.25 bits per heavy atom. The van der Waals surface area contributed by atoms with Crippen LogP contribution in [0.15, 0.2) is 48.1 Å². The Labute approximate surface area is 195 Å². The Balaban J connectivity index is 1.43. The molecular weight excluding hydrogens is 396 g/mol. The van der Waals surface area contributed by atoms with Crippen LogP contribution < -0.4 is 5.32 Å². The quantitative estimate of drug-likeness (QED) is 0.379. The summed E-state index contributed by atoms with van der Waals surface area (Å²) >= 11 is 0. The minimum Gasteiger partial charge on any atom is -0.392 e. The van der Waals surface area contributed by atoms with Crippen molar-refractivity contribution in [1.82, 2.24) is 10.2 Å². The largest absolute Gasteiger partial charge is 0.392 e. The second-order valence-electron chi connectivity index (χ2n) is 11.0. The number of rotatable bonds is 10. The average Bonchev–Trinajstić information content (AvgIpc) is 3.21. The molecule has 2 aliphatic carbocycles. The van der Waals surface area contributed by atoms with Crippen molar-refractivity contribution in [2.24, 2.45) is 17.8 Å². The summed E-state index contributed by atoms with van der Waals surface area (Å²) in [5, 5.41) is 24.7. The minimum atomic E-state index is -0.507.